The van der Waals surface area contributed by atoms with E-state index in [1.165, 1.54) is 0 Å². The molecule has 0 aromatic carbocycles. The van der Waals surface area contributed by atoms with Gasteiger partial charge in [-0.2, -0.15) is 0 Å². The average Bonchev–Trinajstić information content (AvgIpc) is 1.55. The number of hydrogen-bond donors (Lipinski definition) is 0. The third-order valence-electron chi connectivity index (χ3n) is 0.715. The van der Waals surface area contributed by atoms with Crippen LogP contribution >= 0.6 is 0 Å². The molecular formula is C4H9F3O2SiZn. The second kappa shape index (κ2) is 3.98. The fraction of sp³-hybridized carbons (Fsp3) is 1.00. The number of alkyl halides is 3. The van der Waals surface area contributed by atoms with Gasteiger partial charge in [0.05, 0.1) is 0 Å². The Morgan fingerprint density at radius 3 is 1.91 bits per heavy atom. The molecule has 0 saturated heterocycles. The number of hydrogen-bond acceptors (Lipinski definition) is 2. The molecule has 0 amide bonds. The molecule has 0 unspecified atom stereocenters. The predicted octanol–water partition coefficient (Wildman–Crippen LogP) is 2.29. The van der Waals surface area contributed by atoms with Crippen molar-refractivity contribution in [3.8, 4) is 0 Å². The summed E-state index contributed by atoms with van der Waals surface area (Å²) in [5.74, 6) is 0. The Morgan fingerprint density at radius 1 is 1.18 bits per heavy atom. The summed E-state index contributed by atoms with van der Waals surface area (Å²) in [6.45, 7) is 5.49. The molecule has 0 aliphatic rings. The molecule has 0 fully saturated rings. The molecule has 0 aromatic rings. The van der Waals surface area contributed by atoms with Crippen molar-refractivity contribution in [2.45, 2.75) is 26.0 Å². The molecule has 0 radical (unpaired) electrons. The van der Waals surface area contributed by atoms with Crippen molar-refractivity contribution in [3.05, 3.63) is 0 Å². The van der Waals surface area contributed by atoms with Crippen molar-refractivity contribution in [3.63, 3.8) is 0 Å². The molecule has 0 atom stereocenters. The average molecular weight is 240 g/mol. The summed E-state index contributed by atoms with van der Waals surface area (Å²) in [5, 5.41) is 0. The van der Waals surface area contributed by atoms with E-state index in [-0.39, 0.29) is 0 Å². The van der Waals surface area contributed by atoms with Crippen LogP contribution in [0, 0.1) is 0 Å². The van der Waals surface area contributed by atoms with E-state index in [0.717, 1.165) is 0 Å². The first-order valence-corrected chi connectivity index (χ1v) is 8.88. The summed E-state index contributed by atoms with van der Waals surface area (Å²) in [6, 6.07) is 0. The molecule has 0 aliphatic heterocycles. The van der Waals surface area contributed by atoms with Crippen LogP contribution < -0.4 is 0 Å². The third-order valence-corrected chi connectivity index (χ3v) is 8.83. The maximum atomic E-state index is 11.4. The van der Waals surface area contributed by atoms with Crippen molar-refractivity contribution in [2.75, 3.05) is 0 Å². The van der Waals surface area contributed by atoms with E-state index in [2.05, 4.69) is 3.56 Å². The third kappa shape index (κ3) is 10.6. The van der Waals surface area contributed by atoms with Gasteiger partial charge in [0, 0.05) is 0 Å². The van der Waals surface area contributed by atoms with Crippen LogP contribution in [0.3, 0.4) is 0 Å². The van der Waals surface area contributed by atoms with Crippen molar-refractivity contribution in [1.82, 2.24) is 0 Å². The van der Waals surface area contributed by atoms with Crippen LogP contribution in [0.15, 0.2) is 0 Å². The molecule has 0 heterocycles. The molecule has 0 spiro atoms. The van der Waals surface area contributed by atoms with Crippen LogP contribution in [-0.4, -0.2) is 14.7 Å². The normalized spacial score (nSPS) is 12.9. The van der Waals surface area contributed by atoms with Gasteiger partial charge < -0.3 is 0 Å². The van der Waals surface area contributed by atoms with Crippen molar-refractivity contribution in [1.29, 1.82) is 0 Å². The molecule has 2 nitrogen and oxygen atoms in total. The van der Waals surface area contributed by atoms with Crippen LogP contribution in [0.4, 0.5) is 13.2 Å². The molecular weight excluding hydrogens is 231 g/mol. The molecule has 0 rings (SSSR count). The van der Waals surface area contributed by atoms with E-state index >= 15 is 0 Å². The molecule has 0 aliphatic carbocycles. The van der Waals surface area contributed by atoms with E-state index in [1.54, 1.807) is 0 Å². The maximum absolute atomic E-state index is 11.4. The van der Waals surface area contributed by atoms with Gasteiger partial charge in [0.1, 0.15) is 0 Å². The van der Waals surface area contributed by atoms with Gasteiger partial charge in [-0.25, -0.2) is 0 Å². The van der Waals surface area contributed by atoms with Gasteiger partial charge in [-0.3, -0.25) is 0 Å². The van der Waals surface area contributed by atoms with E-state index in [4.69, 9.17) is 3.25 Å². The Hall–Kier alpha value is 0.550. The van der Waals surface area contributed by atoms with Gasteiger partial charge in [0.25, 0.3) is 0 Å². The van der Waals surface area contributed by atoms with Crippen LogP contribution in [-0.2, 0) is 24.7 Å². The summed E-state index contributed by atoms with van der Waals surface area (Å²) < 4.78 is 42.8. The van der Waals surface area contributed by atoms with E-state index in [0.29, 0.717) is 0 Å². The summed E-state index contributed by atoms with van der Waals surface area (Å²) in [5.41, 5.74) is 0. The van der Waals surface area contributed by atoms with E-state index in [1.807, 2.05) is 19.6 Å². The fourth-order valence-electron chi connectivity index (χ4n) is 0.273. The number of rotatable bonds is 3. The standard InChI is InChI=1S/C3H9OSi.CF3O.Zn/c1-5(2,3)4;2-1(3,4)5;/h1-3H3;;/q2*-1;+2. The Bertz CT molecular complexity index is 107. The molecule has 0 saturated carbocycles. The van der Waals surface area contributed by atoms with E-state index in [9.17, 15) is 13.2 Å². The first-order valence-electron chi connectivity index (χ1n) is 3.05. The summed E-state index contributed by atoms with van der Waals surface area (Å²) in [6.07, 6.45) is -4.50. The summed E-state index contributed by atoms with van der Waals surface area (Å²) in [7, 11) is -1.80. The molecule has 11 heavy (non-hydrogen) atoms. The second-order valence-corrected chi connectivity index (χ2v) is 10.4. The quantitative estimate of drug-likeness (QED) is 0.704. The molecule has 7 heteroatoms. The first kappa shape index (κ1) is 11.6. The molecule has 0 bridgehead atoms. The van der Waals surface area contributed by atoms with Crippen LogP contribution in [0.2, 0.25) is 19.6 Å². The van der Waals surface area contributed by atoms with E-state index < -0.39 is 32.5 Å². The van der Waals surface area contributed by atoms with Gasteiger partial charge in [-0.05, 0) is 0 Å². The predicted molar refractivity (Wildman–Crippen MR) is 31.6 cm³/mol. The van der Waals surface area contributed by atoms with Crippen molar-refractivity contribution >= 4 is 8.32 Å². The van der Waals surface area contributed by atoms with Gasteiger partial charge in [-0.1, -0.05) is 0 Å². The zero-order chi connectivity index (χ0) is 9.12. The van der Waals surface area contributed by atoms with Gasteiger partial charge in [0.2, 0.25) is 0 Å². The summed E-state index contributed by atoms with van der Waals surface area (Å²) in [4.78, 5) is 0. The van der Waals surface area contributed by atoms with Gasteiger partial charge >= 0.3 is 72.2 Å². The topological polar surface area (TPSA) is 18.5 Å². The SMILES string of the molecule is C[Si](C)(C)[O][Zn][O]C(F)(F)F. The van der Waals surface area contributed by atoms with Gasteiger partial charge in [-0.15, -0.1) is 0 Å². The van der Waals surface area contributed by atoms with Crippen molar-refractivity contribution < 1.29 is 37.8 Å². The minimum atomic E-state index is -4.50. The molecule has 64 valence electrons. The van der Waals surface area contributed by atoms with Crippen LogP contribution in [0.25, 0.3) is 0 Å². The number of halogens is 3. The monoisotopic (exact) mass is 238 g/mol. The van der Waals surface area contributed by atoms with Gasteiger partial charge in [0.15, 0.2) is 0 Å². The Kier molecular flexibility index (Phi) is 4.18. The van der Waals surface area contributed by atoms with Crippen LogP contribution in [0.5, 0.6) is 0 Å². The molecule has 0 N–H and O–H groups in total. The molecule has 0 aromatic heterocycles. The fourth-order valence-corrected chi connectivity index (χ4v) is 3.56. The second-order valence-electron chi connectivity index (χ2n) is 2.96. The zero-order valence-electron chi connectivity index (χ0n) is 6.66. The Morgan fingerprint density at radius 2 is 1.64 bits per heavy atom. The minimum absolute atomic E-state index is 1.80. The Balaban J connectivity index is 3.44. The Labute approximate surface area is 72.6 Å². The summed E-state index contributed by atoms with van der Waals surface area (Å²) >= 11 is -2.27. The van der Waals surface area contributed by atoms with Crippen molar-refractivity contribution in [2.24, 2.45) is 0 Å². The zero-order valence-corrected chi connectivity index (χ0v) is 10.6. The first-order chi connectivity index (χ1) is 4.71. The van der Waals surface area contributed by atoms with Crippen LogP contribution in [0.1, 0.15) is 0 Å².